The molecule has 1 saturated heterocycles. The average molecular weight is 545 g/mol. The van der Waals surface area contributed by atoms with E-state index >= 15 is 8.78 Å². The lowest BCUT2D eigenvalue weighted by atomic mass is 9.99. The van der Waals surface area contributed by atoms with Gasteiger partial charge in [0.15, 0.2) is 11.6 Å². The lowest BCUT2D eigenvalue weighted by Gasteiger charge is -2.36. The van der Waals surface area contributed by atoms with Crippen LogP contribution in [0.3, 0.4) is 0 Å². The molecule has 0 atom stereocenters. The Balaban J connectivity index is 1.60. The van der Waals surface area contributed by atoms with E-state index in [0.29, 0.717) is 37.5 Å². The SMILES string of the molecule is COc1c(Cl)c(-c2c(F)ccc3c2ncn3C)c(F)c2ncnc(N3CCN(C(=O)OC(C)(C)C)CC3)c12. The number of carbonyl (C=O) groups is 1. The summed E-state index contributed by atoms with van der Waals surface area (Å²) in [6.07, 6.45) is 2.37. The largest absolute Gasteiger partial charge is 0.494 e. The number of ether oxygens (including phenoxy) is 2. The van der Waals surface area contributed by atoms with E-state index in [1.807, 2.05) is 25.7 Å². The van der Waals surface area contributed by atoms with Crippen molar-refractivity contribution in [3.8, 4) is 16.9 Å². The molecule has 1 aliphatic heterocycles. The Labute approximate surface area is 222 Å². The molecule has 1 fully saturated rings. The van der Waals surface area contributed by atoms with Crippen molar-refractivity contribution in [2.45, 2.75) is 26.4 Å². The Bertz CT molecular complexity index is 1560. The number of halogens is 3. The molecule has 1 aliphatic rings. The zero-order valence-corrected chi connectivity index (χ0v) is 22.4. The fraction of sp³-hybridized carbons (Fsp3) is 0.385. The maximum absolute atomic E-state index is 16.2. The summed E-state index contributed by atoms with van der Waals surface area (Å²) in [4.78, 5) is 28.9. The monoisotopic (exact) mass is 544 g/mol. The molecular weight excluding hydrogens is 518 g/mol. The van der Waals surface area contributed by atoms with E-state index in [2.05, 4.69) is 15.0 Å². The van der Waals surface area contributed by atoms with Gasteiger partial charge in [0.1, 0.15) is 29.1 Å². The Kier molecular flexibility index (Phi) is 6.50. The number of carbonyl (C=O) groups excluding carboxylic acids is 1. The van der Waals surface area contributed by atoms with Crippen LogP contribution in [0.2, 0.25) is 5.02 Å². The summed E-state index contributed by atoms with van der Waals surface area (Å²) in [5.41, 5.74) is -0.0399. The fourth-order valence-corrected chi connectivity index (χ4v) is 5.03. The third kappa shape index (κ3) is 4.34. The van der Waals surface area contributed by atoms with Crippen LogP contribution >= 0.6 is 11.6 Å². The van der Waals surface area contributed by atoms with Crippen molar-refractivity contribution in [3.05, 3.63) is 41.4 Å². The summed E-state index contributed by atoms with van der Waals surface area (Å²) in [7, 11) is 3.16. The summed E-state index contributed by atoms with van der Waals surface area (Å²) in [6.45, 7) is 7.02. The van der Waals surface area contributed by atoms with Crippen molar-refractivity contribution in [1.29, 1.82) is 0 Å². The van der Waals surface area contributed by atoms with Gasteiger partial charge in [-0.15, -0.1) is 0 Å². The van der Waals surface area contributed by atoms with Crippen LogP contribution in [-0.4, -0.2) is 69.4 Å². The summed E-state index contributed by atoms with van der Waals surface area (Å²) in [6, 6.07) is 2.82. The molecule has 2 aromatic carbocycles. The van der Waals surface area contributed by atoms with E-state index < -0.39 is 23.3 Å². The van der Waals surface area contributed by atoms with Gasteiger partial charge in [-0.25, -0.2) is 28.5 Å². The predicted octanol–water partition coefficient (Wildman–Crippen LogP) is 5.18. The number of anilines is 1. The summed E-state index contributed by atoms with van der Waals surface area (Å²) in [5, 5.41) is 0.151. The molecular formula is C26H27ClF2N6O3. The molecule has 2 aromatic heterocycles. The highest BCUT2D eigenvalue weighted by Crippen LogP contribution is 2.47. The van der Waals surface area contributed by atoms with Crippen LogP contribution in [0.25, 0.3) is 33.1 Å². The topological polar surface area (TPSA) is 85.6 Å². The lowest BCUT2D eigenvalue weighted by Crippen LogP contribution is -2.50. The van der Waals surface area contributed by atoms with Crippen molar-refractivity contribution < 1.29 is 23.0 Å². The molecule has 12 heteroatoms. The molecule has 9 nitrogen and oxygen atoms in total. The third-order valence-electron chi connectivity index (χ3n) is 6.43. The maximum Gasteiger partial charge on any atom is 0.410 e. The van der Waals surface area contributed by atoms with Gasteiger partial charge >= 0.3 is 6.09 Å². The van der Waals surface area contributed by atoms with Gasteiger partial charge < -0.3 is 23.8 Å². The molecule has 38 heavy (non-hydrogen) atoms. The second kappa shape index (κ2) is 9.54. The van der Waals surface area contributed by atoms with Crippen molar-refractivity contribution in [3.63, 3.8) is 0 Å². The number of benzene rings is 2. The zero-order valence-electron chi connectivity index (χ0n) is 21.7. The number of hydrogen-bond donors (Lipinski definition) is 0. The quantitative estimate of drug-likeness (QED) is 0.351. The smallest absolute Gasteiger partial charge is 0.410 e. The average Bonchev–Trinajstić information content (AvgIpc) is 3.25. The zero-order chi connectivity index (χ0) is 27.4. The van der Waals surface area contributed by atoms with Gasteiger partial charge in [0, 0.05) is 38.8 Å². The molecule has 4 aromatic rings. The normalized spacial score (nSPS) is 14.4. The summed E-state index contributed by atoms with van der Waals surface area (Å²) < 4.78 is 44.2. The van der Waals surface area contributed by atoms with Crippen LogP contribution in [0, 0.1) is 11.6 Å². The van der Waals surface area contributed by atoms with Crippen LogP contribution in [0.4, 0.5) is 19.4 Å². The molecule has 5 rings (SSSR count). The van der Waals surface area contributed by atoms with Gasteiger partial charge in [-0.1, -0.05) is 11.6 Å². The standard InChI is InChI=1S/C26H27ClF2N6O3/c1-26(2,3)38-25(36)35-10-8-34(9-11-35)24-18-22(30-12-31-24)20(29)17(19(27)23(18)37-5)16-14(28)6-7-15-21(16)32-13-33(15)4/h6-7,12-13H,8-11H2,1-5H3. The second-order valence-corrected chi connectivity index (χ2v) is 10.4. The van der Waals surface area contributed by atoms with Gasteiger partial charge in [0.25, 0.3) is 0 Å². The lowest BCUT2D eigenvalue weighted by molar-refractivity contribution is 0.0240. The Hall–Kier alpha value is -3.73. The molecule has 3 heterocycles. The number of aromatic nitrogens is 4. The predicted molar refractivity (Wildman–Crippen MR) is 141 cm³/mol. The molecule has 0 N–H and O–H groups in total. The minimum atomic E-state index is -0.807. The van der Waals surface area contributed by atoms with Crippen molar-refractivity contribution in [2.75, 3.05) is 38.2 Å². The number of fused-ring (bicyclic) bond motifs is 2. The van der Waals surface area contributed by atoms with Crippen LogP contribution in [-0.2, 0) is 11.8 Å². The number of nitrogens with zero attached hydrogens (tertiary/aromatic N) is 6. The molecule has 0 spiro atoms. The summed E-state index contributed by atoms with van der Waals surface area (Å²) >= 11 is 6.73. The molecule has 0 aliphatic carbocycles. The number of methoxy groups -OCH3 is 1. The van der Waals surface area contributed by atoms with Crippen molar-refractivity contribution in [2.24, 2.45) is 7.05 Å². The fourth-order valence-electron chi connectivity index (χ4n) is 4.68. The highest BCUT2D eigenvalue weighted by molar-refractivity contribution is 6.37. The number of piperazine rings is 1. The van der Waals surface area contributed by atoms with E-state index in [0.717, 1.165) is 0 Å². The molecule has 0 saturated carbocycles. The number of aryl methyl sites for hydroxylation is 1. The van der Waals surface area contributed by atoms with Crippen LogP contribution < -0.4 is 9.64 Å². The third-order valence-corrected chi connectivity index (χ3v) is 6.79. The first-order chi connectivity index (χ1) is 18.0. The Morgan fingerprint density at radius 2 is 1.74 bits per heavy atom. The highest BCUT2D eigenvalue weighted by Gasteiger charge is 2.31. The number of hydrogen-bond acceptors (Lipinski definition) is 7. The van der Waals surface area contributed by atoms with Gasteiger partial charge in [-0.2, -0.15) is 0 Å². The number of amides is 1. The minimum absolute atomic E-state index is 0.0619. The molecule has 0 bridgehead atoms. The molecule has 0 unspecified atom stereocenters. The minimum Gasteiger partial charge on any atom is -0.494 e. The van der Waals surface area contributed by atoms with Gasteiger partial charge in [-0.3, -0.25) is 0 Å². The van der Waals surface area contributed by atoms with E-state index in [9.17, 15) is 4.79 Å². The first kappa shape index (κ1) is 25.9. The van der Waals surface area contributed by atoms with Gasteiger partial charge in [0.05, 0.1) is 40.4 Å². The second-order valence-electron chi connectivity index (χ2n) is 10.1. The number of imidazole rings is 1. The first-order valence-electron chi connectivity index (χ1n) is 12.0. The summed E-state index contributed by atoms with van der Waals surface area (Å²) in [5.74, 6) is -0.958. The van der Waals surface area contributed by atoms with E-state index in [1.165, 1.54) is 25.8 Å². The maximum atomic E-state index is 16.2. The number of rotatable bonds is 3. The highest BCUT2D eigenvalue weighted by atomic mass is 35.5. The van der Waals surface area contributed by atoms with Gasteiger partial charge in [-0.05, 0) is 32.9 Å². The Morgan fingerprint density at radius 1 is 1.03 bits per heavy atom. The first-order valence-corrected chi connectivity index (χ1v) is 12.4. The van der Waals surface area contributed by atoms with Crippen molar-refractivity contribution in [1.82, 2.24) is 24.4 Å². The van der Waals surface area contributed by atoms with E-state index in [-0.39, 0.29) is 38.3 Å². The van der Waals surface area contributed by atoms with E-state index in [4.69, 9.17) is 21.1 Å². The van der Waals surface area contributed by atoms with E-state index in [1.54, 1.807) is 22.6 Å². The van der Waals surface area contributed by atoms with Crippen LogP contribution in [0.1, 0.15) is 20.8 Å². The Morgan fingerprint density at radius 3 is 2.39 bits per heavy atom. The van der Waals surface area contributed by atoms with Crippen LogP contribution in [0.15, 0.2) is 24.8 Å². The van der Waals surface area contributed by atoms with Crippen molar-refractivity contribution >= 4 is 45.4 Å². The molecule has 200 valence electrons. The van der Waals surface area contributed by atoms with Gasteiger partial charge in [0.2, 0.25) is 0 Å². The molecule has 0 radical (unpaired) electrons. The molecule has 1 amide bonds. The van der Waals surface area contributed by atoms with Crippen LogP contribution in [0.5, 0.6) is 5.75 Å².